The number of aromatic nitrogens is 3. The Morgan fingerprint density at radius 2 is 1.92 bits per heavy atom. The lowest BCUT2D eigenvalue weighted by Gasteiger charge is -2.08. The Morgan fingerprint density at radius 1 is 1.19 bits per heavy atom. The van der Waals surface area contributed by atoms with Crippen LogP contribution in [0.2, 0.25) is 0 Å². The van der Waals surface area contributed by atoms with E-state index < -0.39 is 4.92 Å². The second kappa shape index (κ2) is 7.56. The van der Waals surface area contributed by atoms with Crippen LogP contribution in [-0.2, 0) is 13.1 Å². The topological polar surface area (TPSA) is 103 Å². The predicted molar refractivity (Wildman–Crippen MR) is 94.6 cm³/mol. The lowest BCUT2D eigenvalue weighted by atomic mass is 10.1. The van der Waals surface area contributed by atoms with Crippen molar-refractivity contribution in [3.63, 3.8) is 0 Å². The maximum atomic E-state index is 12.2. The molecule has 0 aliphatic rings. The first-order valence-corrected chi connectivity index (χ1v) is 7.96. The Bertz CT molecular complexity index is 921. The van der Waals surface area contributed by atoms with E-state index in [4.69, 9.17) is 0 Å². The van der Waals surface area contributed by atoms with Gasteiger partial charge in [-0.25, -0.2) is 9.67 Å². The number of nitrogens with zero attached hydrogens (tertiary/aromatic N) is 4. The number of carbonyl (C=O) groups excluding carboxylic acids is 1. The van der Waals surface area contributed by atoms with Crippen LogP contribution >= 0.6 is 0 Å². The van der Waals surface area contributed by atoms with E-state index in [1.54, 1.807) is 17.9 Å². The van der Waals surface area contributed by atoms with Crippen molar-refractivity contribution in [3.05, 3.63) is 87.5 Å². The van der Waals surface area contributed by atoms with Crippen LogP contribution in [-0.4, -0.2) is 25.6 Å². The van der Waals surface area contributed by atoms with Crippen molar-refractivity contribution in [2.45, 2.75) is 20.0 Å². The van der Waals surface area contributed by atoms with Gasteiger partial charge in [0.2, 0.25) is 0 Å². The summed E-state index contributed by atoms with van der Waals surface area (Å²) < 4.78 is 1.73. The molecule has 3 aromatic rings. The van der Waals surface area contributed by atoms with Gasteiger partial charge in [-0.2, -0.15) is 5.10 Å². The minimum absolute atomic E-state index is 0.00419. The van der Waals surface area contributed by atoms with E-state index in [0.717, 1.165) is 11.1 Å². The first kappa shape index (κ1) is 17.3. The lowest BCUT2D eigenvalue weighted by Crippen LogP contribution is -2.22. The molecular formula is C18H17N5O3. The summed E-state index contributed by atoms with van der Waals surface area (Å²) in [4.78, 5) is 26.5. The zero-order valence-electron chi connectivity index (χ0n) is 14.1. The zero-order chi connectivity index (χ0) is 18.5. The Labute approximate surface area is 149 Å². The minimum atomic E-state index is -0.460. The van der Waals surface area contributed by atoms with Crippen molar-refractivity contribution in [1.29, 1.82) is 0 Å². The Balaban J connectivity index is 1.59. The Hall–Kier alpha value is -3.55. The molecule has 0 aliphatic heterocycles. The second-order valence-electron chi connectivity index (χ2n) is 5.85. The van der Waals surface area contributed by atoms with Crippen LogP contribution in [0.15, 0.2) is 55.1 Å². The Morgan fingerprint density at radius 3 is 2.54 bits per heavy atom. The number of hydrogen-bond donors (Lipinski definition) is 1. The standard InChI is InChI=1S/C18H17N5O3/c1-13-8-16(6-7-17(13)23(25)26)18(24)20-9-14-2-4-15(5-3-14)10-22-12-19-11-21-22/h2-8,11-12H,9-10H2,1H3,(H,20,24). The van der Waals surface area contributed by atoms with Crippen LogP contribution in [0.25, 0.3) is 0 Å². The van der Waals surface area contributed by atoms with Crippen LogP contribution in [0, 0.1) is 17.0 Å². The van der Waals surface area contributed by atoms with Crippen molar-refractivity contribution in [3.8, 4) is 0 Å². The number of aryl methyl sites for hydroxylation is 1. The van der Waals surface area contributed by atoms with E-state index in [1.807, 2.05) is 24.3 Å². The molecular weight excluding hydrogens is 334 g/mol. The van der Waals surface area contributed by atoms with E-state index in [0.29, 0.717) is 24.2 Å². The van der Waals surface area contributed by atoms with Crippen LogP contribution in [0.1, 0.15) is 27.0 Å². The smallest absolute Gasteiger partial charge is 0.272 e. The fourth-order valence-electron chi connectivity index (χ4n) is 2.55. The number of nitrogens with one attached hydrogen (secondary N) is 1. The molecule has 0 saturated heterocycles. The molecule has 1 aromatic heterocycles. The third kappa shape index (κ3) is 4.10. The molecule has 0 saturated carbocycles. The third-order valence-corrected chi connectivity index (χ3v) is 3.94. The monoisotopic (exact) mass is 351 g/mol. The van der Waals surface area contributed by atoms with Gasteiger partial charge in [0.05, 0.1) is 11.5 Å². The molecule has 1 amide bonds. The molecule has 3 rings (SSSR count). The Kier molecular flexibility index (Phi) is 5.02. The summed E-state index contributed by atoms with van der Waals surface area (Å²) in [5.41, 5.74) is 2.90. The quantitative estimate of drug-likeness (QED) is 0.543. The van der Waals surface area contributed by atoms with Crippen molar-refractivity contribution in [2.75, 3.05) is 0 Å². The molecule has 0 unspecified atom stereocenters. The fourth-order valence-corrected chi connectivity index (χ4v) is 2.55. The van der Waals surface area contributed by atoms with Gasteiger partial charge in [0.25, 0.3) is 11.6 Å². The number of amides is 1. The minimum Gasteiger partial charge on any atom is -0.348 e. The number of benzene rings is 2. The third-order valence-electron chi connectivity index (χ3n) is 3.94. The molecule has 26 heavy (non-hydrogen) atoms. The normalized spacial score (nSPS) is 10.5. The summed E-state index contributed by atoms with van der Waals surface area (Å²) in [6, 6.07) is 12.2. The van der Waals surface area contributed by atoms with E-state index >= 15 is 0 Å². The van der Waals surface area contributed by atoms with Gasteiger partial charge >= 0.3 is 0 Å². The summed E-state index contributed by atoms with van der Waals surface area (Å²) >= 11 is 0. The SMILES string of the molecule is Cc1cc(C(=O)NCc2ccc(Cn3cncn3)cc2)ccc1[N+](=O)[O-]. The van der Waals surface area contributed by atoms with Crippen LogP contribution < -0.4 is 5.32 Å². The highest BCUT2D eigenvalue weighted by Gasteiger charge is 2.13. The van der Waals surface area contributed by atoms with E-state index in [-0.39, 0.29) is 11.6 Å². The number of nitro groups is 1. The average molecular weight is 351 g/mol. The van der Waals surface area contributed by atoms with E-state index in [9.17, 15) is 14.9 Å². The molecule has 0 bridgehead atoms. The van der Waals surface area contributed by atoms with Crippen molar-refractivity contribution < 1.29 is 9.72 Å². The number of carbonyl (C=O) groups is 1. The van der Waals surface area contributed by atoms with Gasteiger partial charge in [0.1, 0.15) is 12.7 Å². The van der Waals surface area contributed by atoms with E-state index in [1.165, 1.54) is 24.5 Å². The fraction of sp³-hybridized carbons (Fsp3) is 0.167. The molecule has 1 N–H and O–H groups in total. The van der Waals surface area contributed by atoms with Crippen molar-refractivity contribution in [1.82, 2.24) is 20.1 Å². The molecule has 0 fully saturated rings. The first-order valence-electron chi connectivity index (χ1n) is 7.96. The maximum absolute atomic E-state index is 12.2. The molecule has 1 heterocycles. The predicted octanol–water partition coefficient (Wildman–Crippen LogP) is 2.47. The highest BCUT2D eigenvalue weighted by atomic mass is 16.6. The van der Waals surface area contributed by atoms with Gasteiger partial charge in [0.15, 0.2) is 0 Å². The van der Waals surface area contributed by atoms with E-state index in [2.05, 4.69) is 15.4 Å². The molecule has 2 aromatic carbocycles. The van der Waals surface area contributed by atoms with Crippen molar-refractivity contribution >= 4 is 11.6 Å². The summed E-state index contributed by atoms with van der Waals surface area (Å²) in [5.74, 6) is -0.269. The van der Waals surface area contributed by atoms with Crippen LogP contribution in [0.5, 0.6) is 0 Å². The average Bonchev–Trinajstić information content (AvgIpc) is 3.13. The lowest BCUT2D eigenvalue weighted by molar-refractivity contribution is -0.385. The van der Waals surface area contributed by atoms with Gasteiger partial charge in [-0.1, -0.05) is 24.3 Å². The second-order valence-corrected chi connectivity index (χ2v) is 5.85. The van der Waals surface area contributed by atoms with Crippen LogP contribution in [0.4, 0.5) is 5.69 Å². The molecule has 0 radical (unpaired) electrons. The molecule has 0 aliphatic carbocycles. The summed E-state index contributed by atoms with van der Waals surface area (Å²) in [5, 5.41) is 17.7. The summed E-state index contributed by atoms with van der Waals surface area (Å²) in [6.07, 6.45) is 3.14. The highest BCUT2D eigenvalue weighted by molar-refractivity contribution is 5.94. The number of nitro benzene ring substituents is 1. The molecule has 8 nitrogen and oxygen atoms in total. The molecule has 0 spiro atoms. The largest absolute Gasteiger partial charge is 0.348 e. The van der Waals surface area contributed by atoms with Gasteiger partial charge in [-0.15, -0.1) is 0 Å². The summed E-state index contributed by atoms with van der Waals surface area (Å²) in [7, 11) is 0. The maximum Gasteiger partial charge on any atom is 0.272 e. The van der Waals surface area contributed by atoms with Crippen molar-refractivity contribution in [2.24, 2.45) is 0 Å². The zero-order valence-corrected chi connectivity index (χ0v) is 14.1. The van der Waals surface area contributed by atoms with Gasteiger partial charge in [-0.3, -0.25) is 14.9 Å². The first-order chi connectivity index (χ1) is 12.5. The van der Waals surface area contributed by atoms with Crippen LogP contribution in [0.3, 0.4) is 0 Å². The highest BCUT2D eigenvalue weighted by Crippen LogP contribution is 2.18. The molecule has 132 valence electrons. The molecule has 8 heteroatoms. The molecule has 0 atom stereocenters. The number of hydrogen-bond acceptors (Lipinski definition) is 5. The number of rotatable bonds is 6. The van der Waals surface area contributed by atoms with Gasteiger partial charge < -0.3 is 5.32 Å². The van der Waals surface area contributed by atoms with Gasteiger partial charge in [0, 0.05) is 23.7 Å². The summed E-state index contributed by atoms with van der Waals surface area (Å²) in [6.45, 7) is 2.62. The van der Waals surface area contributed by atoms with Gasteiger partial charge in [-0.05, 0) is 30.2 Å².